The van der Waals surface area contributed by atoms with Gasteiger partial charge in [-0.1, -0.05) is 38.0 Å². The number of hydrogen-bond donors (Lipinski definition) is 2. The second kappa shape index (κ2) is 8.48. The molecular formula is C20H29N3O2. The van der Waals surface area contributed by atoms with Crippen LogP contribution in [0.5, 0.6) is 0 Å². The summed E-state index contributed by atoms with van der Waals surface area (Å²) < 4.78 is 0. The van der Waals surface area contributed by atoms with E-state index in [-0.39, 0.29) is 23.9 Å². The topological polar surface area (TPSA) is 61.4 Å². The van der Waals surface area contributed by atoms with E-state index in [1.807, 2.05) is 42.2 Å². The van der Waals surface area contributed by atoms with E-state index < -0.39 is 0 Å². The van der Waals surface area contributed by atoms with E-state index in [4.69, 9.17) is 0 Å². The maximum atomic E-state index is 13.1. The first-order chi connectivity index (χ1) is 12.2. The first-order valence-corrected chi connectivity index (χ1v) is 9.58. The molecule has 0 aromatic heterocycles. The molecule has 2 amide bonds. The van der Waals surface area contributed by atoms with Crippen molar-refractivity contribution in [2.45, 2.75) is 51.1 Å². The number of fused-ring (bicyclic) bond motifs is 1. The van der Waals surface area contributed by atoms with Gasteiger partial charge in [0.15, 0.2) is 0 Å². The van der Waals surface area contributed by atoms with Crippen molar-refractivity contribution >= 4 is 11.8 Å². The summed E-state index contributed by atoms with van der Waals surface area (Å²) in [7, 11) is 0. The number of carbonyl (C=O) groups excluding carboxylic acids is 2. The molecule has 3 atom stereocenters. The summed E-state index contributed by atoms with van der Waals surface area (Å²) >= 11 is 0. The molecule has 2 fully saturated rings. The molecule has 1 aromatic rings. The molecule has 1 saturated carbocycles. The largest absolute Gasteiger partial charge is 0.353 e. The van der Waals surface area contributed by atoms with Crippen molar-refractivity contribution in [1.29, 1.82) is 0 Å². The standard InChI is InChI=1S/C20H29N3O2/c1-2-21-12-13-22-19(24)18-14-16-10-6-7-11-17(16)23(18)20(25)15-8-4-3-5-9-15/h3-5,8-9,16-18,21H,2,6-7,10-14H2,1H3,(H,22,24). The van der Waals surface area contributed by atoms with E-state index >= 15 is 0 Å². The number of nitrogens with zero attached hydrogens (tertiary/aromatic N) is 1. The van der Waals surface area contributed by atoms with Crippen molar-refractivity contribution in [3.8, 4) is 0 Å². The zero-order chi connectivity index (χ0) is 17.6. The summed E-state index contributed by atoms with van der Waals surface area (Å²) in [4.78, 5) is 27.8. The average Bonchev–Trinajstić information content (AvgIpc) is 3.05. The molecule has 3 unspecified atom stereocenters. The van der Waals surface area contributed by atoms with Crippen LogP contribution >= 0.6 is 0 Å². The van der Waals surface area contributed by atoms with E-state index in [2.05, 4.69) is 10.6 Å². The van der Waals surface area contributed by atoms with Gasteiger partial charge in [-0.05, 0) is 43.9 Å². The Hall–Kier alpha value is -1.88. The second-order valence-corrected chi connectivity index (χ2v) is 7.09. The lowest BCUT2D eigenvalue weighted by molar-refractivity contribution is -0.125. The lowest BCUT2D eigenvalue weighted by Crippen LogP contribution is -2.50. The number of likely N-dealkylation sites (tertiary alicyclic amines) is 1. The number of rotatable bonds is 6. The molecule has 0 spiro atoms. The van der Waals surface area contributed by atoms with E-state index in [9.17, 15) is 9.59 Å². The van der Waals surface area contributed by atoms with Crippen LogP contribution in [-0.4, -0.2) is 48.4 Å². The van der Waals surface area contributed by atoms with Gasteiger partial charge in [0.25, 0.3) is 5.91 Å². The van der Waals surface area contributed by atoms with Crippen LogP contribution < -0.4 is 10.6 Å². The van der Waals surface area contributed by atoms with Crippen LogP contribution in [0, 0.1) is 5.92 Å². The van der Waals surface area contributed by atoms with Gasteiger partial charge in [0.05, 0.1) is 0 Å². The lowest BCUT2D eigenvalue weighted by atomic mass is 9.84. The second-order valence-electron chi connectivity index (χ2n) is 7.09. The third-order valence-corrected chi connectivity index (χ3v) is 5.50. The summed E-state index contributed by atoms with van der Waals surface area (Å²) in [5.74, 6) is 0.462. The van der Waals surface area contributed by atoms with Gasteiger partial charge in [-0.15, -0.1) is 0 Å². The highest BCUT2D eigenvalue weighted by molar-refractivity contribution is 5.98. The Balaban J connectivity index is 1.75. The first kappa shape index (κ1) is 17.9. The predicted molar refractivity (Wildman–Crippen MR) is 98.3 cm³/mol. The highest BCUT2D eigenvalue weighted by Crippen LogP contribution is 2.40. The average molecular weight is 343 g/mol. The lowest BCUT2D eigenvalue weighted by Gasteiger charge is -2.33. The molecule has 1 heterocycles. The molecule has 1 aliphatic heterocycles. The fraction of sp³-hybridized carbons (Fsp3) is 0.600. The van der Waals surface area contributed by atoms with Gasteiger partial charge in [0.1, 0.15) is 6.04 Å². The van der Waals surface area contributed by atoms with Crippen LogP contribution in [0.1, 0.15) is 49.4 Å². The SMILES string of the molecule is CCNCCNC(=O)C1CC2CCCCC2N1C(=O)c1ccccc1. The Kier molecular flexibility index (Phi) is 6.08. The van der Waals surface area contributed by atoms with E-state index in [1.54, 1.807) is 0 Å². The number of benzene rings is 1. The first-order valence-electron chi connectivity index (χ1n) is 9.58. The van der Waals surface area contributed by atoms with Crippen molar-refractivity contribution in [2.75, 3.05) is 19.6 Å². The van der Waals surface area contributed by atoms with Gasteiger partial charge in [-0.25, -0.2) is 0 Å². The fourth-order valence-electron chi connectivity index (χ4n) is 4.28. The van der Waals surface area contributed by atoms with Crippen LogP contribution in [0.15, 0.2) is 30.3 Å². The Labute approximate surface area is 150 Å². The Morgan fingerprint density at radius 3 is 2.64 bits per heavy atom. The van der Waals surface area contributed by atoms with Crippen LogP contribution in [0.25, 0.3) is 0 Å². The molecule has 1 saturated heterocycles. The maximum Gasteiger partial charge on any atom is 0.254 e. The number of carbonyl (C=O) groups is 2. The van der Waals surface area contributed by atoms with Gasteiger partial charge < -0.3 is 15.5 Å². The Morgan fingerprint density at radius 2 is 1.88 bits per heavy atom. The van der Waals surface area contributed by atoms with Crippen molar-refractivity contribution in [1.82, 2.24) is 15.5 Å². The summed E-state index contributed by atoms with van der Waals surface area (Å²) in [6.07, 6.45) is 5.31. The molecule has 3 rings (SSSR count). The van der Waals surface area contributed by atoms with Gasteiger partial charge in [0, 0.05) is 24.7 Å². The third-order valence-electron chi connectivity index (χ3n) is 5.50. The van der Waals surface area contributed by atoms with Crippen LogP contribution in [0.3, 0.4) is 0 Å². The molecule has 0 radical (unpaired) electrons. The zero-order valence-electron chi connectivity index (χ0n) is 15.0. The maximum absolute atomic E-state index is 13.1. The minimum atomic E-state index is -0.331. The molecule has 25 heavy (non-hydrogen) atoms. The van der Waals surface area contributed by atoms with E-state index in [0.717, 1.165) is 38.8 Å². The van der Waals surface area contributed by atoms with Crippen molar-refractivity contribution < 1.29 is 9.59 Å². The summed E-state index contributed by atoms with van der Waals surface area (Å²) in [5.41, 5.74) is 0.680. The van der Waals surface area contributed by atoms with E-state index in [0.29, 0.717) is 18.0 Å². The smallest absolute Gasteiger partial charge is 0.254 e. The van der Waals surface area contributed by atoms with Gasteiger partial charge in [-0.2, -0.15) is 0 Å². The molecule has 5 heteroatoms. The molecule has 1 aliphatic carbocycles. The highest BCUT2D eigenvalue weighted by Gasteiger charge is 2.47. The number of nitrogens with one attached hydrogen (secondary N) is 2. The minimum absolute atomic E-state index is 0.00170. The quantitative estimate of drug-likeness (QED) is 0.779. The van der Waals surface area contributed by atoms with E-state index in [1.165, 1.54) is 6.42 Å². The van der Waals surface area contributed by atoms with Crippen LogP contribution in [0.2, 0.25) is 0 Å². The van der Waals surface area contributed by atoms with Crippen molar-refractivity contribution in [3.63, 3.8) is 0 Å². The molecular weight excluding hydrogens is 314 g/mol. The minimum Gasteiger partial charge on any atom is -0.353 e. The Morgan fingerprint density at radius 1 is 1.12 bits per heavy atom. The Bertz CT molecular complexity index is 590. The molecule has 0 bridgehead atoms. The number of likely N-dealkylation sites (N-methyl/N-ethyl adjacent to an activating group) is 1. The van der Waals surface area contributed by atoms with Crippen molar-refractivity contribution in [3.05, 3.63) is 35.9 Å². The highest BCUT2D eigenvalue weighted by atomic mass is 16.2. The molecule has 2 N–H and O–H groups in total. The van der Waals surface area contributed by atoms with Gasteiger partial charge in [0.2, 0.25) is 5.91 Å². The molecule has 2 aliphatic rings. The third kappa shape index (κ3) is 4.03. The van der Waals surface area contributed by atoms with Gasteiger partial charge in [-0.3, -0.25) is 9.59 Å². The summed E-state index contributed by atoms with van der Waals surface area (Å²) in [5, 5.41) is 6.22. The monoisotopic (exact) mass is 343 g/mol. The van der Waals surface area contributed by atoms with Crippen molar-refractivity contribution in [2.24, 2.45) is 5.92 Å². The van der Waals surface area contributed by atoms with Crippen LogP contribution in [-0.2, 0) is 4.79 Å². The summed E-state index contributed by atoms with van der Waals surface area (Å²) in [6, 6.07) is 9.25. The number of amides is 2. The molecule has 136 valence electrons. The molecule has 1 aromatic carbocycles. The molecule has 5 nitrogen and oxygen atoms in total. The zero-order valence-corrected chi connectivity index (χ0v) is 15.0. The summed E-state index contributed by atoms with van der Waals surface area (Å²) in [6.45, 7) is 4.30. The van der Waals surface area contributed by atoms with Gasteiger partial charge >= 0.3 is 0 Å². The fourth-order valence-corrected chi connectivity index (χ4v) is 4.28. The normalized spacial score (nSPS) is 25.5. The van der Waals surface area contributed by atoms with Crippen LogP contribution in [0.4, 0.5) is 0 Å². The number of hydrogen-bond acceptors (Lipinski definition) is 3. The predicted octanol–water partition coefficient (Wildman–Crippen LogP) is 2.19.